The fraction of sp³-hybridized carbons (Fsp3) is 0.240. The van der Waals surface area contributed by atoms with Crippen molar-refractivity contribution in [2.45, 2.75) is 12.5 Å². The molecule has 2 heterocycles. The first-order valence-corrected chi connectivity index (χ1v) is 11.2. The van der Waals surface area contributed by atoms with Crippen molar-refractivity contribution in [2.24, 2.45) is 0 Å². The van der Waals surface area contributed by atoms with Crippen LogP contribution in [-0.2, 0) is 4.79 Å². The van der Waals surface area contributed by atoms with Gasteiger partial charge in [-0.1, -0.05) is 12.6 Å². The van der Waals surface area contributed by atoms with E-state index in [2.05, 4.69) is 37.4 Å². The monoisotopic (exact) mass is 480 g/mol. The van der Waals surface area contributed by atoms with Gasteiger partial charge in [0, 0.05) is 48.8 Å². The highest BCUT2D eigenvalue weighted by molar-refractivity contribution is 5.98. The van der Waals surface area contributed by atoms with Gasteiger partial charge in [-0.3, -0.25) is 9.69 Å². The molecule has 1 aliphatic rings. The maximum absolute atomic E-state index is 14.3. The summed E-state index contributed by atoms with van der Waals surface area (Å²) in [4.78, 5) is 21.7. The molecule has 10 heteroatoms. The molecule has 3 aromatic rings. The van der Waals surface area contributed by atoms with E-state index in [-0.39, 0.29) is 30.5 Å². The number of carbonyl (C=O) groups excluding carboxylic acids is 1. The molecule has 3 N–H and O–H groups in total. The van der Waals surface area contributed by atoms with E-state index in [9.17, 15) is 13.6 Å². The van der Waals surface area contributed by atoms with Crippen LogP contribution in [0.15, 0.2) is 67.4 Å². The van der Waals surface area contributed by atoms with Gasteiger partial charge in [0.2, 0.25) is 17.7 Å². The van der Waals surface area contributed by atoms with Crippen LogP contribution >= 0.6 is 0 Å². The average molecular weight is 481 g/mol. The van der Waals surface area contributed by atoms with Crippen LogP contribution in [0.4, 0.5) is 31.8 Å². The predicted molar refractivity (Wildman–Crippen MR) is 132 cm³/mol. The maximum Gasteiger partial charge on any atom is 0.260 e. The highest BCUT2D eigenvalue weighted by Crippen LogP contribution is 2.26. The van der Waals surface area contributed by atoms with Gasteiger partial charge in [-0.25, -0.2) is 9.37 Å². The first kappa shape index (κ1) is 24.1. The third kappa shape index (κ3) is 6.73. The number of amides is 1. The number of alkyl halides is 1. The minimum atomic E-state index is -0.728. The van der Waals surface area contributed by atoms with Gasteiger partial charge in [-0.2, -0.15) is 9.37 Å². The van der Waals surface area contributed by atoms with Crippen LogP contribution in [0.25, 0.3) is 0 Å². The third-order valence-electron chi connectivity index (χ3n) is 5.40. The minimum Gasteiger partial charge on any atom is -0.436 e. The van der Waals surface area contributed by atoms with E-state index in [1.807, 2.05) is 24.3 Å². The average Bonchev–Trinajstić information content (AvgIpc) is 3.29. The molecule has 0 aliphatic carbocycles. The van der Waals surface area contributed by atoms with E-state index in [1.165, 1.54) is 0 Å². The van der Waals surface area contributed by atoms with E-state index in [0.717, 1.165) is 37.5 Å². The molecule has 1 atom stereocenters. The zero-order chi connectivity index (χ0) is 24.6. The number of benzene rings is 2. The van der Waals surface area contributed by atoms with Crippen molar-refractivity contribution in [3.05, 3.63) is 73.2 Å². The summed E-state index contributed by atoms with van der Waals surface area (Å²) >= 11 is 0. The Hall–Kier alpha value is -4.05. The summed E-state index contributed by atoms with van der Waals surface area (Å²) in [5.41, 5.74) is 2.14. The van der Waals surface area contributed by atoms with Crippen molar-refractivity contribution < 1.29 is 18.3 Å². The molecule has 1 aromatic heterocycles. The Morgan fingerprint density at radius 3 is 2.77 bits per heavy atom. The second-order valence-electron chi connectivity index (χ2n) is 7.99. The number of likely N-dealkylation sites (tertiary alicyclic amines) is 1. The first-order chi connectivity index (χ1) is 17.0. The Labute approximate surface area is 202 Å². The molecule has 1 amide bonds. The van der Waals surface area contributed by atoms with Crippen LogP contribution in [-0.4, -0.2) is 53.1 Å². The summed E-state index contributed by atoms with van der Waals surface area (Å²) in [5, 5.41) is 9.11. The Kier molecular flexibility index (Phi) is 7.84. The van der Waals surface area contributed by atoms with Crippen LogP contribution in [0.1, 0.15) is 6.42 Å². The zero-order valence-electron chi connectivity index (χ0n) is 19.0. The Balaban J connectivity index is 1.38. The number of nitrogens with zero attached hydrogens (tertiary/aromatic N) is 3. The number of aromatic nitrogens is 2. The molecule has 4 rings (SSSR count). The zero-order valence-corrected chi connectivity index (χ0v) is 19.0. The minimum absolute atomic E-state index is 0.163. The number of hydrogen-bond acceptors (Lipinski definition) is 7. The lowest BCUT2D eigenvalue weighted by Gasteiger charge is -2.16. The van der Waals surface area contributed by atoms with Gasteiger partial charge in [-0.15, -0.1) is 0 Å². The normalized spacial score (nSPS) is 15.4. The van der Waals surface area contributed by atoms with E-state index in [0.29, 0.717) is 23.7 Å². The topological polar surface area (TPSA) is 91.4 Å². The van der Waals surface area contributed by atoms with Crippen molar-refractivity contribution in [3.63, 3.8) is 0 Å². The second kappa shape index (κ2) is 11.4. The summed E-state index contributed by atoms with van der Waals surface area (Å²) in [6.45, 7) is 5.26. The highest BCUT2D eigenvalue weighted by atomic mass is 19.1. The highest BCUT2D eigenvalue weighted by Gasteiger charge is 2.21. The fourth-order valence-electron chi connectivity index (χ4n) is 3.71. The molecular weight excluding hydrogens is 454 g/mol. The van der Waals surface area contributed by atoms with Gasteiger partial charge < -0.3 is 20.7 Å². The quantitative estimate of drug-likeness (QED) is 0.361. The number of ether oxygens (including phenoxy) is 1. The van der Waals surface area contributed by atoms with Crippen LogP contribution in [0.5, 0.6) is 11.6 Å². The molecule has 1 aliphatic heterocycles. The van der Waals surface area contributed by atoms with E-state index < -0.39 is 5.82 Å². The Bertz CT molecular complexity index is 1170. The largest absolute Gasteiger partial charge is 0.436 e. The molecule has 0 saturated carbocycles. The van der Waals surface area contributed by atoms with Crippen LogP contribution in [0.2, 0.25) is 0 Å². The molecule has 1 fully saturated rings. The Morgan fingerprint density at radius 2 is 2.00 bits per heavy atom. The van der Waals surface area contributed by atoms with Crippen LogP contribution < -0.4 is 20.7 Å². The number of anilines is 4. The van der Waals surface area contributed by atoms with E-state index >= 15 is 0 Å². The predicted octanol–water partition coefficient (Wildman–Crippen LogP) is 4.73. The van der Waals surface area contributed by atoms with Gasteiger partial charge in [0.05, 0.1) is 6.20 Å². The van der Waals surface area contributed by atoms with Crippen molar-refractivity contribution in [1.82, 2.24) is 14.9 Å². The van der Waals surface area contributed by atoms with Gasteiger partial charge in [0.1, 0.15) is 12.4 Å². The first-order valence-electron chi connectivity index (χ1n) is 11.2. The Morgan fingerprint density at radius 1 is 1.20 bits per heavy atom. The number of hydrogen-bond donors (Lipinski definition) is 3. The second-order valence-corrected chi connectivity index (χ2v) is 7.99. The molecule has 0 bridgehead atoms. The number of halogens is 2. The number of nitrogens with one attached hydrogen (secondary N) is 3. The van der Waals surface area contributed by atoms with E-state index in [4.69, 9.17) is 4.74 Å². The third-order valence-corrected chi connectivity index (χ3v) is 5.40. The van der Waals surface area contributed by atoms with Crippen LogP contribution in [0, 0.1) is 5.82 Å². The summed E-state index contributed by atoms with van der Waals surface area (Å²) in [7, 11) is 0. The van der Waals surface area contributed by atoms with Crippen molar-refractivity contribution in [1.29, 1.82) is 0 Å². The van der Waals surface area contributed by atoms with Crippen molar-refractivity contribution >= 4 is 28.9 Å². The molecular formula is C25H26F2N6O2. The molecule has 0 spiro atoms. The smallest absolute Gasteiger partial charge is 0.260 e. The van der Waals surface area contributed by atoms with Crippen LogP contribution in [0.3, 0.4) is 0 Å². The summed E-state index contributed by atoms with van der Waals surface area (Å²) in [5.74, 6) is -0.898. The van der Waals surface area contributed by atoms with Gasteiger partial charge in [0.15, 0.2) is 0 Å². The molecule has 1 saturated heterocycles. The molecule has 2 aromatic carbocycles. The fourth-order valence-corrected chi connectivity index (χ4v) is 3.71. The van der Waals surface area contributed by atoms with Crippen molar-refractivity contribution in [2.75, 3.05) is 42.3 Å². The summed E-state index contributed by atoms with van der Waals surface area (Å²) < 4.78 is 32.4. The summed E-state index contributed by atoms with van der Waals surface area (Å²) in [6, 6.07) is 14.3. The molecule has 35 heavy (non-hydrogen) atoms. The van der Waals surface area contributed by atoms with E-state index in [1.54, 1.807) is 24.3 Å². The molecule has 0 radical (unpaired) electrons. The lowest BCUT2D eigenvalue weighted by atomic mass is 10.2. The molecule has 1 unspecified atom stereocenters. The maximum atomic E-state index is 14.3. The van der Waals surface area contributed by atoms with Gasteiger partial charge >= 0.3 is 0 Å². The molecule has 8 nitrogen and oxygen atoms in total. The standard InChI is InChI=1S/C25H26F2N6O2/c1-2-23(34)30-19-4-3-5-21(14-19)35-24-22(27)15-28-25(32-24)31-18-8-6-17(7-9-18)29-20-10-12-33(16-20)13-11-26/h2-9,14-15,20,29H,1,10-13,16H2,(H,30,34)(H,28,31,32). The number of rotatable bonds is 10. The summed E-state index contributed by atoms with van der Waals surface area (Å²) in [6.07, 6.45) is 3.14. The van der Waals surface area contributed by atoms with Gasteiger partial charge in [-0.05, 0) is 48.9 Å². The lowest BCUT2D eigenvalue weighted by molar-refractivity contribution is -0.111. The lowest BCUT2D eigenvalue weighted by Crippen LogP contribution is -2.27. The molecule has 182 valence electrons. The SMILES string of the molecule is C=CC(=O)Nc1cccc(Oc2nc(Nc3ccc(NC4CCN(CCF)C4)cc3)ncc2F)c1. The van der Waals surface area contributed by atoms with Crippen molar-refractivity contribution in [3.8, 4) is 11.6 Å². The number of carbonyl (C=O) groups is 1. The van der Waals surface area contributed by atoms with Gasteiger partial charge in [0.25, 0.3) is 5.88 Å².